The number of hydrogen-bond donors (Lipinski definition) is 2. The molecular formula is C29H45N3O4S. The highest BCUT2D eigenvalue weighted by Crippen LogP contribution is 2.25. The Balaban J connectivity index is 3.43. The van der Waals surface area contributed by atoms with Gasteiger partial charge < -0.3 is 20.3 Å². The molecule has 2 atom stereocenters. The van der Waals surface area contributed by atoms with Crippen LogP contribution < -0.4 is 10.6 Å². The third-order valence-corrected chi connectivity index (χ3v) is 6.31. The Bertz CT molecular complexity index is 890. The Kier molecular flexibility index (Phi) is 14.8. The van der Waals surface area contributed by atoms with Crippen molar-refractivity contribution in [3.63, 3.8) is 0 Å². The van der Waals surface area contributed by atoms with E-state index in [1.807, 2.05) is 6.26 Å². The Morgan fingerprint density at radius 1 is 1.08 bits per heavy atom. The molecule has 0 bridgehead atoms. The fourth-order valence-corrected chi connectivity index (χ4v) is 4.23. The first-order chi connectivity index (χ1) is 17.6. The van der Waals surface area contributed by atoms with E-state index in [9.17, 15) is 14.4 Å². The molecule has 37 heavy (non-hydrogen) atoms. The number of rotatable bonds is 15. The van der Waals surface area contributed by atoms with Crippen molar-refractivity contribution in [1.29, 1.82) is 0 Å². The fourth-order valence-electron chi connectivity index (χ4n) is 3.76. The van der Waals surface area contributed by atoms with Crippen LogP contribution >= 0.6 is 11.8 Å². The van der Waals surface area contributed by atoms with E-state index in [0.29, 0.717) is 36.4 Å². The van der Waals surface area contributed by atoms with Gasteiger partial charge in [-0.25, -0.2) is 4.79 Å². The van der Waals surface area contributed by atoms with Crippen LogP contribution in [0.1, 0.15) is 90.3 Å². The number of alkyl carbamates (subject to hydrolysis) is 1. The van der Waals surface area contributed by atoms with E-state index in [1.165, 1.54) is 0 Å². The zero-order valence-electron chi connectivity index (χ0n) is 23.4. The maximum absolute atomic E-state index is 14.1. The fraction of sp³-hybridized carbons (Fsp3) is 0.621. The van der Waals surface area contributed by atoms with Crippen LogP contribution in [0.25, 0.3) is 0 Å². The summed E-state index contributed by atoms with van der Waals surface area (Å²) in [7, 11) is 0. The maximum Gasteiger partial charge on any atom is 0.408 e. The van der Waals surface area contributed by atoms with Crippen molar-refractivity contribution in [1.82, 2.24) is 15.5 Å². The van der Waals surface area contributed by atoms with Crippen LogP contribution in [0.4, 0.5) is 4.79 Å². The summed E-state index contributed by atoms with van der Waals surface area (Å²) in [6, 6.07) is 5.50. The Labute approximate surface area is 227 Å². The highest BCUT2D eigenvalue weighted by molar-refractivity contribution is 7.98. The largest absolute Gasteiger partial charge is 0.444 e. The van der Waals surface area contributed by atoms with Gasteiger partial charge in [0, 0.05) is 18.7 Å². The number of amides is 3. The molecule has 0 saturated carbocycles. The minimum Gasteiger partial charge on any atom is -0.444 e. The van der Waals surface area contributed by atoms with Crippen LogP contribution in [0.3, 0.4) is 0 Å². The molecule has 1 aromatic rings. The zero-order valence-corrected chi connectivity index (χ0v) is 24.2. The van der Waals surface area contributed by atoms with Gasteiger partial charge in [0.15, 0.2) is 0 Å². The summed E-state index contributed by atoms with van der Waals surface area (Å²) in [5, 5.41) is 5.77. The van der Waals surface area contributed by atoms with Crippen molar-refractivity contribution in [3.05, 3.63) is 35.4 Å². The summed E-state index contributed by atoms with van der Waals surface area (Å²) < 4.78 is 5.43. The van der Waals surface area contributed by atoms with E-state index >= 15 is 0 Å². The number of unbranched alkanes of at least 4 members (excludes halogenated alkanes) is 3. The molecule has 206 valence electrons. The maximum atomic E-state index is 14.1. The topological polar surface area (TPSA) is 87.7 Å². The lowest BCUT2D eigenvalue weighted by Crippen LogP contribution is -2.53. The standard InChI is InChI=1S/C29H45N3O4S/c1-8-11-13-20-32(27(34)24(18-21-37-7)31-28(35)36-29(4,5)6)25(26(33)30-19-12-9-2)23-16-14-22(10-3)15-17-23/h3,14-17,24-25H,8-9,11-13,18-21H2,1-2,4-7H3,(H,30,33)(H,31,35). The lowest BCUT2D eigenvalue weighted by Gasteiger charge is -2.34. The smallest absolute Gasteiger partial charge is 0.408 e. The number of terminal acetylenes is 1. The summed E-state index contributed by atoms with van der Waals surface area (Å²) in [5.74, 6) is 2.72. The molecule has 0 fully saturated rings. The van der Waals surface area contributed by atoms with Crippen molar-refractivity contribution in [2.45, 2.75) is 90.8 Å². The van der Waals surface area contributed by atoms with Gasteiger partial charge in [-0.15, -0.1) is 6.42 Å². The van der Waals surface area contributed by atoms with Crippen LogP contribution in [0.5, 0.6) is 0 Å². The highest BCUT2D eigenvalue weighted by atomic mass is 32.2. The average molecular weight is 532 g/mol. The van der Waals surface area contributed by atoms with E-state index < -0.39 is 23.8 Å². The van der Waals surface area contributed by atoms with E-state index in [2.05, 4.69) is 30.4 Å². The first-order valence-electron chi connectivity index (χ1n) is 13.2. The molecule has 0 radical (unpaired) electrons. The lowest BCUT2D eigenvalue weighted by atomic mass is 10.00. The molecule has 2 N–H and O–H groups in total. The van der Waals surface area contributed by atoms with Gasteiger partial charge in [0.2, 0.25) is 11.8 Å². The monoisotopic (exact) mass is 531 g/mol. The van der Waals surface area contributed by atoms with Gasteiger partial charge in [0.25, 0.3) is 0 Å². The Morgan fingerprint density at radius 3 is 2.27 bits per heavy atom. The van der Waals surface area contributed by atoms with E-state index in [1.54, 1.807) is 61.7 Å². The molecule has 1 rings (SSSR count). The van der Waals surface area contributed by atoms with Gasteiger partial charge in [-0.05, 0) is 69.7 Å². The number of carbonyl (C=O) groups is 3. The molecule has 0 aliphatic carbocycles. The van der Waals surface area contributed by atoms with Crippen molar-refractivity contribution < 1.29 is 19.1 Å². The van der Waals surface area contributed by atoms with Crippen LogP contribution in [0.15, 0.2) is 24.3 Å². The van der Waals surface area contributed by atoms with Crippen LogP contribution in [0, 0.1) is 12.3 Å². The second-order valence-electron chi connectivity index (χ2n) is 10.0. The molecule has 0 spiro atoms. The number of ether oxygens (including phenoxy) is 1. The number of nitrogens with one attached hydrogen (secondary N) is 2. The summed E-state index contributed by atoms with van der Waals surface area (Å²) >= 11 is 1.59. The van der Waals surface area contributed by atoms with Crippen molar-refractivity contribution >= 4 is 29.7 Å². The Morgan fingerprint density at radius 2 is 1.73 bits per heavy atom. The quantitative estimate of drug-likeness (QED) is 0.237. The van der Waals surface area contributed by atoms with Crippen LogP contribution in [-0.2, 0) is 14.3 Å². The normalized spacial score (nSPS) is 12.7. The van der Waals surface area contributed by atoms with E-state index in [0.717, 1.165) is 32.1 Å². The lowest BCUT2D eigenvalue weighted by molar-refractivity contribution is -0.142. The van der Waals surface area contributed by atoms with E-state index in [-0.39, 0.29) is 11.8 Å². The number of thioether (sulfide) groups is 1. The van der Waals surface area contributed by atoms with Crippen molar-refractivity contribution in [2.24, 2.45) is 0 Å². The minimum atomic E-state index is -0.842. The summed E-state index contributed by atoms with van der Waals surface area (Å²) in [6.07, 6.45) is 11.7. The second kappa shape index (κ2) is 17.0. The van der Waals surface area contributed by atoms with Crippen LogP contribution in [0.2, 0.25) is 0 Å². The molecule has 0 saturated heterocycles. The number of hydrogen-bond acceptors (Lipinski definition) is 5. The van der Waals surface area contributed by atoms with Gasteiger partial charge in [0.05, 0.1) is 0 Å². The van der Waals surface area contributed by atoms with Crippen molar-refractivity contribution in [3.8, 4) is 12.3 Å². The molecule has 3 amide bonds. The predicted octanol–water partition coefficient (Wildman–Crippen LogP) is 5.29. The van der Waals surface area contributed by atoms with Gasteiger partial charge in [-0.3, -0.25) is 9.59 Å². The molecule has 0 aliphatic heterocycles. The number of nitrogens with zero attached hydrogens (tertiary/aromatic N) is 1. The molecule has 0 aromatic heterocycles. The van der Waals surface area contributed by atoms with Gasteiger partial charge >= 0.3 is 6.09 Å². The minimum absolute atomic E-state index is 0.243. The Hall–Kier alpha value is -2.66. The molecule has 0 heterocycles. The van der Waals surface area contributed by atoms with Crippen LogP contribution in [-0.4, -0.2) is 59.5 Å². The SMILES string of the molecule is C#Cc1ccc(C(C(=O)NCCCC)N(CCCCC)C(=O)C(CCSC)NC(=O)OC(C)(C)C)cc1. The third kappa shape index (κ3) is 12.0. The molecule has 8 heteroatoms. The average Bonchev–Trinajstić information content (AvgIpc) is 2.85. The van der Waals surface area contributed by atoms with Gasteiger partial charge in [0.1, 0.15) is 17.7 Å². The molecular weight excluding hydrogens is 486 g/mol. The molecule has 7 nitrogen and oxygen atoms in total. The van der Waals surface area contributed by atoms with Gasteiger partial charge in [-0.1, -0.05) is 51.2 Å². The van der Waals surface area contributed by atoms with E-state index in [4.69, 9.17) is 11.2 Å². The third-order valence-electron chi connectivity index (χ3n) is 5.67. The second-order valence-corrected chi connectivity index (χ2v) is 11.0. The first kappa shape index (κ1) is 32.4. The highest BCUT2D eigenvalue weighted by Gasteiger charge is 2.35. The predicted molar refractivity (Wildman–Crippen MR) is 152 cm³/mol. The number of carbonyl (C=O) groups excluding carboxylic acids is 3. The molecule has 0 aliphatic rings. The first-order valence-corrected chi connectivity index (χ1v) is 14.6. The summed E-state index contributed by atoms with van der Waals surface area (Å²) in [6.45, 7) is 10.4. The summed E-state index contributed by atoms with van der Waals surface area (Å²) in [5.41, 5.74) is 0.680. The number of benzene rings is 1. The molecule has 1 aromatic carbocycles. The van der Waals surface area contributed by atoms with Crippen molar-refractivity contribution in [2.75, 3.05) is 25.1 Å². The summed E-state index contributed by atoms with van der Waals surface area (Å²) in [4.78, 5) is 41.8. The molecule has 2 unspecified atom stereocenters. The zero-order chi connectivity index (χ0) is 27.8. The van der Waals surface area contributed by atoms with Gasteiger partial charge in [-0.2, -0.15) is 11.8 Å².